The van der Waals surface area contributed by atoms with Crippen LogP contribution >= 0.6 is 0 Å². The molecule has 4 rings (SSSR count). The number of fused-ring (bicyclic) bond motifs is 3. The number of nitrogens with one attached hydrogen (secondary N) is 1. The first-order chi connectivity index (χ1) is 17.6. The normalized spacial score (nSPS) is 26.6. The Morgan fingerprint density at radius 1 is 1.27 bits per heavy atom. The summed E-state index contributed by atoms with van der Waals surface area (Å²) in [5, 5.41) is 32.7. The van der Waals surface area contributed by atoms with Crippen LogP contribution in [0.4, 0.5) is 13.2 Å². The molecule has 0 spiro atoms. The molecule has 1 aliphatic carbocycles. The maximum Gasteiger partial charge on any atom is 0.406 e. The summed E-state index contributed by atoms with van der Waals surface area (Å²) in [5.41, 5.74) is 0.795. The Morgan fingerprint density at radius 3 is 2.62 bits per heavy atom. The highest BCUT2D eigenvalue weighted by atomic mass is 19.4. The van der Waals surface area contributed by atoms with Gasteiger partial charge in [0.05, 0.1) is 44.8 Å². The van der Waals surface area contributed by atoms with Crippen molar-refractivity contribution in [2.75, 3.05) is 40.0 Å². The summed E-state index contributed by atoms with van der Waals surface area (Å²) in [5.74, 6) is -2.91. The molecule has 0 aromatic heterocycles. The van der Waals surface area contributed by atoms with Crippen LogP contribution < -0.4 is 14.8 Å². The van der Waals surface area contributed by atoms with E-state index in [1.165, 1.54) is 13.2 Å². The number of hydrogen-bond acceptors (Lipinski definition) is 8. The summed E-state index contributed by atoms with van der Waals surface area (Å²) in [4.78, 5) is 26.9. The number of benzene rings is 1. The van der Waals surface area contributed by atoms with Crippen LogP contribution in [0.2, 0.25) is 0 Å². The fourth-order valence-electron chi connectivity index (χ4n) is 5.11. The fraction of sp³-hybridized carbons (Fsp3) is 0.583. The third kappa shape index (κ3) is 5.40. The molecule has 10 nitrogen and oxygen atoms in total. The Kier molecular flexibility index (Phi) is 7.97. The molecule has 13 heteroatoms. The van der Waals surface area contributed by atoms with Crippen LogP contribution in [-0.2, 0) is 20.9 Å². The minimum absolute atomic E-state index is 0.0349. The van der Waals surface area contributed by atoms with E-state index >= 15 is 0 Å². The number of carbonyl (C=O) groups excluding carboxylic acids is 2. The van der Waals surface area contributed by atoms with Crippen molar-refractivity contribution in [2.24, 2.45) is 5.92 Å². The van der Waals surface area contributed by atoms with Crippen LogP contribution in [0.15, 0.2) is 23.8 Å². The van der Waals surface area contributed by atoms with Crippen molar-refractivity contribution in [2.45, 2.75) is 43.4 Å². The predicted octanol–water partition coefficient (Wildman–Crippen LogP) is 0.237. The van der Waals surface area contributed by atoms with E-state index < -0.39 is 54.6 Å². The maximum absolute atomic E-state index is 13.6. The van der Waals surface area contributed by atoms with E-state index in [-0.39, 0.29) is 56.5 Å². The van der Waals surface area contributed by atoms with Crippen molar-refractivity contribution in [1.29, 1.82) is 0 Å². The van der Waals surface area contributed by atoms with Gasteiger partial charge in [-0.25, -0.2) is 0 Å². The lowest BCUT2D eigenvalue weighted by molar-refractivity contribution is -0.172. The van der Waals surface area contributed by atoms with Gasteiger partial charge in [0, 0.05) is 24.3 Å². The molecule has 1 fully saturated rings. The first-order valence-electron chi connectivity index (χ1n) is 11.8. The minimum Gasteiger partial charge on any atom is -0.493 e. The number of amides is 2. The molecular weight excluding hydrogens is 501 g/mol. The molecule has 0 bridgehead atoms. The molecule has 2 heterocycles. The molecule has 2 aliphatic heterocycles. The van der Waals surface area contributed by atoms with Crippen LogP contribution in [0.5, 0.6) is 11.5 Å². The van der Waals surface area contributed by atoms with Gasteiger partial charge in [-0.15, -0.1) is 0 Å². The molecule has 0 saturated carbocycles. The van der Waals surface area contributed by atoms with Gasteiger partial charge in [-0.1, -0.05) is 0 Å². The molecule has 37 heavy (non-hydrogen) atoms. The number of methoxy groups -OCH3 is 1. The number of ether oxygens (including phenoxy) is 3. The molecule has 5 atom stereocenters. The predicted molar refractivity (Wildman–Crippen MR) is 121 cm³/mol. The Bertz CT molecular complexity index is 1060. The summed E-state index contributed by atoms with van der Waals surface area (Å²) >= 11 is 0. The number of rotatable bonds is 8. The third-order valence-electron chi connectivity index (χ3n) is 6.77. The molecule has 1 saturated heterocycles. The summed E-state index contributed by atoms with van der Waals surface area (Å²) in [6.45, 7) is -2.33. The molecule has 204 valence electrons. The zero-order valence-corrected chi connectivity index (χ0v) is 20.0. The molecule has 0 radical (unpaired) electrons. The second-order valence-corrected chi connectivity index (χ2v) is 9.16. The number of nitrogens with zero attached hydrogens (tertiary/aromatic N) is 1. The van der Waals surface area contributed by atoms with Crippen molar-refractivity contribution < 1.29 is 52.3 Å². The molecule has 5 unspecified atom stereocenters. The summed E-state index contributed by atoms with van der Waals surface area (Å²) in [6.07, 6.45) is -6.25. The number of aliphatic hydroxyl groups excluding tert-OH is 3. The highest BCUT2D eigenvalue weighted by Crippen LogP contribution is 2.51. The van der Waals surface area contributed by atoms with Crippen LogP contribution in [0.25, 0.3) is 0 Å². The maximum atomic E-state index is 13.6. The van der Waals surface area contributed by atoms with E-state index in [1.807, 2.05) is 0 Å². The first-order valence-corrected chi connectivity index (χ1v) is 11.8. The van der Waals surface area contributed by atoms with E-state index in [9.17, 15) is 33.0 Å². The van der Waals surface area contributed by atoms with Crippen LogP contribution in [-0.4, -0.2) is 96.5 Å². The summed E-state index contributed by atoms with van der Waals surface area (Å²) in [6, 6.07) is 1.54. The van der Waals surface area contributed by atoms with Gasteiger partial charge in [0.2, 0.25) is 11.8 Å². The van der Waals surface area contributed by atoms with Crippen LogP contribution in [0, 0.1) is 5.92 Å². The number of hydrogen-bond donors (Lipinski definition) is 4. The average molecular weight is 530 g/mol. The SMILES string of the molecule is COc1cc(CO)cc2c1OC1C2C(C(=O)NCCO)=CC(N(CC(F)(F)F)C(=O)C2CCOC2)C1O. The topological polar surface area (TPSA) is 138 Å². The zero-order valence-electron chi connectivity index (χ0n) is 20.0. The standard InChI is InChI=1S/C24H29F3N2O8/c1-35-17-7-12(9-31)6-14-18-15(22(33)28-3-4-30)8-16(19(32)21(18)37-20(14)17)29(11-24(25,26)27)23(34)13-2-5-36-10-13/h6-8,13,16,18-19,21,30-32H,2-5,9-11H2,1H3,(H,28,33). The van der Waals surface area contributed by atoms with Crippen molar-refractivity contribution in [3.8, 4) is 11.5 Å². The Hall–Kier alpha value is -2.87. The van der Waals surface area contributed by atoms with Gasteiger partial charge in [0.25, 0.3) is 0 Å². The van der Waals surface area contributed by atoms with Gasteiger partial charge in [-0.05, 0) is 30.2 Å². The van der Waals surface area contributed by atoms with Gasteiger partial charge in [-0.3, -0.25) is 9.59 Å². The molecule has 1 aromatic carbocycles. The zero-order chi connectivity index (χ0) is 26.9. The average Bonchev–Trinajstić information content (AvgIpc) is 3.53. The van der Waals surface area contributed by atoms with Gasteiger partial charge in [0.15, 0.2) is 11.5 Å². The second kappa shape index (κ2) is 10.9. The van der Waals surface area contributed by atoms with Crippen molar-refractivity contribution >= 4 is 11.8 Å². The fourth-order valence-corrected chi connectivity index (χ4v) is 5.11. The Labute approximate surface area is 210 Å². The number of aliphatic hydroxyl groups is 3. The molecular formula is C24H29F3N2O8. The minimum atomic E-state index is -4.78. The Morgan fingerprint density at radius 2 is 2.03 bits per heavy atom. The lowest BCUT2D eigenvalue weighted by Crippen LogP contribution is -2.58. The lowest BCUT2D eigenvalue weighted by Gasteiger charge is -2.41. The quantitative estimate of drug-likeness (QED) is 0.375. The third-order valence-corrected chi connectivity index (χ3v) is 6.77. The summed E-state index contributed by atoms with van der Waals surface area (Å²) < 4.78 is 57.4. The lowest BCUT2D eigenvalue weighted by atomic mass is 9.77. The van der Waals surface area contributed by atoms with Crippen LogP contribution in [0.1, 0.15) is 23.5 Å². The first kappa shape index (κ1) is 27.2. The van der Waals surface area contributed by atoms with E-state index in [1.54, 1.807) is 6.07 Å². The van der Waals surface area contributed by atoms with Crippen molar-refractivity contribution in [3.05, 3.63) is 34.9 Å². The second-order valence-electron chi connectivity index (χ2n) is 9.16. The van der Waals surface area contributed by atoms with E-state index in [0.717, 1.165) is 6.08 Å². The molecule has 3 aliphatic rings. The largest absolute Gasteiger partial charge is 0.493 e. The number of halogens is 3. The highest BCUT2D eigenvalue weighted by molar-refractivity contribution is 5.96. The van der Waals surface area contributed by atoms with Gasteiger partial charge < -0.3 is 39.7 Å². The monoisotopic (exact) mass is 530 g/mol. The molecule has 2 amide bonds. The molecule has 4 N–H and O–H groups in total. The number of alkyl halides is 3. The van der Waals surface area contributed by atoms with Crippen molar-refractivity contribution in [1.82, 2.24) is 10.2 Å². The van der Waals surface area contributed by atoms with E-state index in [2.05, 4.69) is 5.32 Å². The van der Waals surface area contributed by atoms with E-state index in [0.29, 0.717) is 16.0 Å². The molecule has 1 aromatic rings. The van der Waals surface area contributed by atoms with Gasteiger partial charge in [0.1, 0.15) is 18.8 Å². The highest BCUT2D eigenvalue weighted by Gasteiger charge is 2.53. The van der Waals surface area contributed by atoms with Gasteiger partial charge in [-0.2, -0.15) is 13.2 Å². The van der Waals surface area contributed by atoms with Crippen LogP contribution in [0.3, 0.4) is 0 Å². The Balaban J connectivity index is 1.81. The van der Waals surface area contributed by atoms with Crippen molar-refractivity contribution in [3.63, 3.8) is 0 Å². The summed E-state index contributed by atoms with van der Waals surface area (Å²) in [7, 11) is 1.36. The van der Waals surface area contributed by atoms with Gasteiger partial charge >= 0.3 is 6.18 Å². The smallest absolute Gasteiger partial charge is 0.406 e. The van der Waals surface area contributed by atoms with E-state index in [4.69, 9.17) is 19.3 Å². The number of carbonyl (C=O) groups is 2.